The number of benzene rings is 2. The standard InChI is InChI=1S/C16H16O2S/c1-12-6-5-7-13(10-12)11-15(16(17)18)19-14-8-3-2-4-9-14/h2-10,15H,11H2,1H3,(H,17,18)/t15-/m1/s1. The van der Waals surface area contributed by atoms with Gasteiger partial charge in [-0.05, 0) is 31.0 Å². The number of hydrogen-bond acceptors (Lipinski definition) is 2. The van der Waals surface area contributed by atoms with Crippen molar-refractivity contribution in [3.05, 3.63) is 65.7 Å². The summed E-state index contributed by atoms with van der Waals surface area (Å²) in [6, 6.07) is 17.7. The summed E-state index contributed by atoms with van der Waals surface area (Å²) in [7, 11) is 0. The zero-order valence-corrected chi connectivity index (χ0v) is 11.6. The van der Waals surface area contributed by atoms with E-state index in [4.69, 9.17) is 0 Å². The number of carbonyl (C=O) groups is 1. The van der Waals surface area contributed by atoms with E-state index in [2.05, 4.69) is 0 Å². The first kappa shape index (κ1) is 13.7. The summed E-state index contributed by atoms with van der Waals surface area (Å²) in [5.74, 6) is -0.768. The molecule has 1 N–H and O–H groups in total. The van der Waals surface area contributed by atoms with Crippen molar-refractivity contribution < 1.29 is 9.90 Å². The molecule has 0 radical (unpaired) electrons. The summed E-state index contributed by atoms with van der Waals surface area (Å²) in [4.78, 5) is 12.4. The van der Waals surface area contributed by atoms with Gasteiger partial charge in [0.25, 0.3) is 0 Å². The van der Waals surface area contributed by atoms with Crippen LogP contribution in [0.15, 0.2) is 59.5 Å². The second-order valence-electron chi connectivity index (χ2n) is 4.45. The van der Waals surface area contributed by atoms with Gasteiger partial charge in [-0.15, -0.1) is 11.8 Å². The van der Waals surface area contributed by atoms with Gasteiger partial charge >= 0.3 is 5.97 Å². The Bertz CT molecular complexity index is 552. The summed E-state index contributed by atoms with van der Waals surface area (Å²) < 4.78 is 0. The molecule has 0 spiro atoms. The monoisotopic (exact) mass is 272 g/mol. The van der Waals surface area contributed by atoms with Gasteiger partial charge in [-0.2, -0.15) is 0 Å². The third-order valence-electron chi connectivity index (χ3n) is 2.80. The molecule has 0 saturated heterocycles. The molecule has 0 aliphatic carbocycles. The van der Waals surface area contributed by atoms with Crippen molar-refractivity contribution in [2.75, 3.05) is 0 Å². The van der Waals surface area contributed by atoms with Crippen LogP contribution in [0.1, 0.15) is 11.1 Å². The van der Waals surface area contributed by atoms with Gasteiger partial charge in [-0.3, -0.25) is 4.79 Å². The molecule has 0 heterocycles. The lowest BCUT2D eigenvalue weighted by molar-refractivity contribution is -0.136. The predicted octanol–water partition coefficient (Wildman–Crippen LogP) is 3.78. The first-order valence-electron chi connectivity index (χ1n) is 6.15. The van der Waals surface area contributed by atoms with Crippen molar-refractivity contribution in [3.8, 4) is 0 Å². The molecule has 0 amide bonds. The van der Waals surface area contributed by atoms with Crippen molar-refractivity contribution in [2.24, 2.45) is 0 Å². The largest absolute Gasteiger partial charge is 0.480 e. The number of aryl methyl sites for hydroxylation is 1. The molecular weight excluding hydrogens is 256 g/mol. The molecule has 2 aromatic rings. The summed E-state index contributed by atoms with van der Waals surface area (Å²) in [5, 5.41) is 8.89. The van der Waals surface area contributed by atoms with Crippen molar-refractivity contribution >= 4 is 17.7 Å². The van der Waals surface area contributed by atoms with E-state index < -0.39 is 11.2 Å². The highest BCUT2D eigenvalue weighted by Gasteiger charge is 2.19. The molecule has 0 aromatic heterocycles. The van der Waals surface area contributed by atoms with Crippen molar-refractivity contribution in [2.45, 2.75) is 23.5 Å². The predicted molar refractivity (Wildman–Crippen MR) is 78.6 cm³/mol. The average molecular weight is 272 g/mol. The number of hydrogen-bond donors (Lipinski definition) is 1. The van der Waals surface area contributed by atoms with Crippen LogP contribution in [0.4, 0.5) is 0 Å². The fourth-order valence-corrected chi connectivity index (χ4v) is 2.92. The van der Waals surface area contributed by atoms with Gasteiger partial charge in [-0.25, -0.2) is 0 Å². The number of aliphatic carboxylic acids is 1. The Morgan fingerprint density at radius 1 is 1.16 bits per heavy atom. The van der Waals surface area contributed by atoms with E-state index in [0.717, 1.165) is 16.0 Å². The lowest BCUT2D eigenvalue weighted by atomic mass is 10.1. The highest BCUT2D eigenvalue weighted by molar-refractivity contribution is 8.00. The zero-order chi connectivity index (χ0) is 13.7. The van der Waals surface area contributed by atoms with Crippen LogP contribution < -0.4 is 0 Å². The summed E-state index contributed by atoms with van der Waals surface area (Å²) in [6.07, 6.45) is 0.538. The fraction of sp³-hybridized carbons (Fsp3) is 0.188. The third kappa shape index (κ3) is 4.14. The molecule has 0 aliphatic rings. The maximum atomic E-state index is 11.4. The molecule has 0 fully saturated rings. The quantitative estimate of drug-likeness (QED) is 0.842. The first-order chi connectivity index (χ1) is 9.15. The van der Waals surface area contributed by atoms with E-state index in [0.29, 0.717) is 6.42 Å². The van der Waals surface area contributed by atoms with E-state index in [9.17, 15) is 9.90 Å². The maximum absolute atomic E-state index is 11.4. The topological polar surface area (TPSA) is 37.3 Å². The van der Waals surface area contributed by atoms with E-state index in [1.807, 2.05) is 61.5 Å². The lowest BCUT2D eigenvalue weighted by Crippen LogP contribution is -2.19. The lowest BCUT2D eigenvalue weighted by Gasteiger charge is -2.12. The Labute approximate surface area is 117 Å². The van der Waals surface area contributed by atoms with Crippen LogP contribution in [0.3, 0.4) is 0 Å². The summed E-state index contributed by atoms with van der Waals surface area (Å²) in [5.41, 5.74) is 2.22. The molecule has 98 valence electrons. The van der Waals surface area contributed by atoms with Crippen molar-refractivity contribution in [3.63, 3.8) is 0 Å². The molecule has 0 saturated carbocycles. The van der Waals surface area contributed by atoms with Crippen LogP contribution in [0.5, 0.6) is 0 Å². The Morgan fingerprint density at radius 3 is 2.53 bits per heavy atom. The molecule has 19 heavy (non-hydrogen) atoms. The van der Waals surface area contributed by atoms with Crippen molar-refractivity contribution in [1.82, 2.24) is 0 Å². The van der Waals surface area contributed by atoms with E-state index in [1.54, 1.807) is 0 Å². The number of carboxylic acids is 1. The van der Waals surface area contributed by atoms with Crippen molar-refractivity contribution in [1.29, 1.82) is 0 Å². The van der Waals surface area contributed by atoms with Gasteiger partial charge < -0.3 is 5.11 Å². The molecule has 1 atom stereocenters. The van der Waals surface area contributed by atoms with Gasteiger partial charge in [0.15, 0.2) is 0 Å². The number of thioether (sulfide) groups is 1. The van der Waals surface area contributed by atoms with E-state index in [1.165, 1.54) is 11.8 Å². The molecule has 2 nitrogen and oxygen atoms in total. The smallest absolute Gasteiger partial charge is 0.317 e. The van der Waals surface area contributed by atoms with Crippen LogP contribution in [0.2, 0.25) is 0 Å². The van der Waals surface area contributed by atoms with Crippen LogP contribution >= 0.6 is 11.8 Å². The molecule has 0 bridgehead atoms. The van der Waals surface area contributed by atoms with Crippen LogP contribution in [0, 0.1) is 6.92 Å². The van der Waals surface area contributed by atoms with Gasteiger partial charge in [0.2, 0.25) is 0 Å². The van der Waals surface area contributed by atoms with Crippen LogP contribution in [0.25, 0.3) is 0 Å². The summed E-state index contributed by atoms with van der Waals surface area (Å²) >= 11 is 1.40. The molecule has 2 rings (SSSR count). The molecule has 2 aromatic carbocycles. The van der Waals surface area contributed by atoms with Gasteiger partial charge in [0.05, 0.1) is 0 Å². The Balaban J connectivity index is 2.11. The van der Waals surface area contributed by atoms with Crippen LogP contribution in [-0.4, -0.2) is 16.3 Å². The normalized spacial score (nSPS) is 12.1. The molecule has 0 aliphatic heterocycles. The Kier molecular flexibility index (Phi) is 4.63. The third-order valence-corrected chi connectivity index (χ3v) is 4.00. The Hall–Kier alpha value is -1.74. The molecule has 3 heteroatoms. The first-order valence-corrected chi connectivity index (χ1v) is 7.03. The van der Waals surface area contributed by atoms with Gasteiger partial charge in [-0.1, -0.05) is 48.0 Å². The molecule has 0 unspecified atom stereocenters. The minimum absolute atomic E-state index is 0.454. The average Bonchev–Trinajstić information content (AvgIpc) is 2.39. The zero-order valence-electron chi connectivity index (χ0n) is 10.7. The van der Waals surface area contributed by atoms with E-state index >= 15 is 0 Å². The number of carboxylic acid groups (broad SMARTS) is 1. The van der Waals surface area contributed by atoms with Gasteiger partial charge in [0.1, 0.15) is 5.25 Å². The second kappa shape index (κ2) is 6.43. The van der Waals surface area contributed by atoms with Crippen LogP contribution in [-0.2, 0) is 11.2 Å². The van der Waals surface area contributed by atoms with E-state index in [-0.39, 0.29) is 0 Å². The summed E-state index contributed by atoms with van der Waals surface area (Å²) in [6.45, 7) is 2.02. The Morgan fingerprint density at radius 2 is 1.89 bits per heavy atom. The number of rotatable bonds is 5. The highest BCUT2D eigenvalue weighted by Crippen LogP contribution is 2.26. The minimum Gasteiger partial charge on any atom is -0.480 e. The minimum atomic E-state index is -0.768. The van der Waals surface area contributed by atoms with Gasteiger partial charge in [0, 0.05) is 4.90 Å². The highest BCUT2D eigenvalue weighted by atomic mass is 32.2. The fourth-order valence-electron chi connectivity index (χ4n) is 1.90. The molecular formula is C16H16O2S. The second-order valence-corrected chi connectivity index (χ2v) is 5.73. The maximum Gasteiger partial charge on any atom is 0.317 e. The SMILES string of the molecule is Cc1cccc(C[C@@H](Sc2ccccc2)C(=O)O)c1.